The summed E-state index contributed by atoms with van der Waals surface area (Å²) in [5.41, 5.74) is 0.110. The second-order valence-electron chi connectivity index (χ2n) is 9.57. The molecule has 1 saturated carbocycles. The highest BCUT2D eigenvalue weighted by Gasteiger charge is 2.37. The number of halogens is 3. The summed E-state index contributed by atoms with van der Waals surface area (Å²) in [6, 6.07) is 3.16. The molecule has 184 valence electrons. The van der Waals surface area contributed by atoms with Crippen molar-refractivity contribution >= 4 is 17.7 Å². The van der Waals surface area contributed by atoms with Crippen LogP contribution in [0.25, 0.3) is 0 Å². The van der Waals surface area contributed by atoms with Crippen molar-refractivity contribution in [2.45, 2.75) is 50.7 Å². The molecule has 2 unspecified atom stereocenters. The van der Waals surface area contributed by atoms with E-state index >= 15 is 0 Å². The minimum Gasteiger partial charge on any atom is -0.369 e. The quantitative estimate of drug-likeness (QED) is 0.664. The van der Waals surface area contributed by atoms with Gasteiger partial charge in [-0.2, -0.15) is 18.4 Å². The number of carbonyl (C=O) groups is 1. The summed E-state index contributed by atoms with van der Waals surface area (Å²) in [5, 5.41) is 15.9. The zero-order valence-electron chi connectivity index (χ0n) is 19.3. The van der Waals surface area contributed by atoms with Gasteiger partial charge in [-0.05, 0) is 44.6 Å². The number of nitrogens with one attached hydrogen (secondary N) is 2. The zero-order chi connectivity index (χ0) is 24.7. The van der Waals surface area contributed by atoms with Crippen LogP contribution in [0.4, 0.5) is 24.9 Å². The van der Waals surface area contributed by atoms with Gasteiger partial charge in [0.05, 0.1) is 23.0 Å². The van der Waals surface area contributed by atoms with E-state index in [1.807, 2.05) is 11.8 Å². The Hall–Kier alpha value is -3.42. The molecule has 2 N–H and O–H groups in total. The van der Waals surface area contributed by atoms with E-state index in [0.717, 1.165) is 51.0 Å². The smallest absolute Gasteiger partial charge is 0.369 e. The Kier molecular flexibility index (Phi) is 5.99. The first-order chi connectivity index (χ1) is 16.7. The van der Waals surface area contributed by atoms with Gasteiger partial charge in [0.2, 0.25) is 11.9 Å². The molecule has 2 aromatic heterocycles. The highest BCUT2D eigenvalue weighted by atomic mass is 19.4. The summed E-state index contributed by atoms with van der Waals surface area (Å²) in [6.45, 7) is 3.81. The minimum absolute atomic E-state index is 0.0291. The maximum absolute atomic E-state index is 13.3. The highest BCUT2D eigenvalue weighted by Crippen LogP contribution is 2.39. The molecule has 2 aromatic rings. The number of pyridine rings is 1. The van der Waals surface area contributed by atoms with Crippen molar-refractivity contribution in [1.29, 1.82) is 5.26 Å². The van der Waals surface area contributed by atoms with Crippen LogP contribution in [0.1, 0.15) is 60.9 Å². The van der Waals surface area contributed by atoms with E-state index in [4.69, 9.17) is 0 Å². The van der Waals surface area contributed by atoms with Gasteiger partial charge in [0, 0.05) is 49.3 Å². The number of piperidine rings is 1. The first-order valence-electron chi connectivity index (χ1n) is 11.9. The van der Waals surface area contributed by atoms with E-state index in [1.165, 1.54) is 6.20 Å². The van der Waals surface area contributed by atoms with Gasteiger partial charge in [0.15, 0.2) is 0 Å². The van der Waals surface area contributed by atoms with Crippen LogP contribution in [0, 0.1) is 23.2 Å². The Morgan fingerprint density at radius 2 is 1.97 bits per heavy atom. The molecule has 0 radical (unpaired) electrons. The maximum Gasteiger partial charge on any atom is 0.417 e. The summed E-state index contributed by atoms with van der Waals surface area (Å²) in [5.74, 6) is 0.971. The van der Waals surface area contributed by atoms with Crippen molar-refractivity contribution in [3.05, 3.63) is 40.8 Å². The Balaban J connectivity index is 1.32. The Bertz CT molecular complexity index is 1170. The van der Waals surface area contributed by atoms with E-state index in [-0.39, 0.29) is 30.0 Å². The second-order valence-corrected chi connectivity index (χ2v) is 9.57. The molecule has 35 heavy (non-hydrogen) atoms. The summed E-state index contributed by atoms with van der Waals surface area (Å²) in [7, 11) is 0. The second kappa shape index (κ2) is 8.98. The summed E-state index contributed by atoms with van der Waals surface area (Å²) >= 11 is 0. The molecule has 8 nitrogen and oxygen atoms in total. The molecule has 1 aliphatic carbocycles. The molecule has 1 amide bonds. The van der Waals surface area contributed by atoms with Crippen LogP contribution in [0.2, 0.25) is 0 Å². The van der Waals surface area contributed by atoms with E-state index < -0.39 is 17.7 Å². The van der Waals surface area contributed by atoms with Gasteiger partial charge in [-0.25, -0.2) is 15.0 Å². The lowest BCUT2D eigenvalue weighted by Gasteiger charge is -2.35. The molecule has 2 atom stereocenters. The fourth-order valence-electron chi connectivity index (χ4n) is 4.95. The number of hydrogen-bond donors (Lipinski definition) is 2. The van der Waals surface area contributed by atoms with Gasteiger partial charge in [0.25, 0.3) is 0 Å². The van der Waals surface area contributed by atoms with Gasteiger partial charge in [-0.3, -0.25) is 4.79 Å². The van der Waals surface area contributed by atoms with Crippen molar-refractivity contribution in [3.63, 3.8) is 0 Å². The number of likely N-dealkylation sites (tertiary alicyclic amines) is 1. The van der Waals surface area contributed by atoms with E-state index in [0.29, 0.717) is 28.9 Å². The molecule has 3 aliphatic rings. The Morgan fingerprint density at radius 3 is 2.63 bits per heavy atom. The number of anilines is 2. The molecule has 0 aromatic carbocycles. The fraction of sp³-hybridized carbons (Fsp3) is 0.542. The Labute approximate surface area is 201 Å². The van der Waals surface area contributed by atoms with Gasteiger partial charge in [0.1, 0.15) is 11.9 Å². The average molecular weight is 486 g/mol. The standard InChI is InChI=1S/C24H26F3N7O/c1-13(14-4-6-34(7-5-14)22(35)15-2-3-15)32-23-31-10-16(9-28)20(33-23)19-12-30-21-18(19)8-17(11-29-21)24(25,26)27/h8,10-11,13-15,19H,2-7,12H2,1H3,(H,29,30)(H,31,32,33). The number of nitrogens with zero attached hydrogens (tertiary/aromatic N) is 5. The molecule has 1 saturated heterocycles. The molecular formula is C24H26F3N7O. The van der Waals surface area contributed by atoms with Gasteiger partial charge >= 0.3 is 6.18 Å². The number of carbonyl (C=O) groups excluding carboxylic acids is 1. The largest absolute Gasteiger partial charge is 0.417 e. The van der Waals surface area contributed by atoms with Gasteiger partial charge in [-0.15, -0.1) is 0 Å². The predicted octanol–water partition coefficient (Wildman–Crippen LogP) is 3.77. The summed E-state index contributed by atoms with van der Waals surface area (Å²) in [6.07, 6.45) is 1.46. The first kappa shape index (κ1) is 23.3. The maximum atomic E-state index is 13.3. The average Bonchev–Trinajstić information content (AvgIpc) is 3.62. The third-order valence-electron chi connectivity index (χ3n) is 7.20. The topological polar surface area (TPSA) is 107 Å². The number of rotatable bonds is 5. The lowest BCUT2D eigenvalue weighted by Crippen LogP contribution is -2.43. The van der Waals surface area contributed by atoms with Crippen LogP contribution in [-0.4, -0.2) is 51.4 Å². The van der Waals surface area contributed by atoms with Crippen LogP contribution >= 0.6 is 0 Å². The van der Waals surface area contributed by atoms with Crippen molar-refractivity contribution in [1.82, 2.24) is 19.9 Å². The third-order valence-corrected chi connectivity index (χ3v) is 7.20. The molecule has 2 fully saturated rings. The molecule has 5 rings (SSSR count). The van der Waals surface area contributed by atoms with Crippen LogP contribution in [0.3, 0.4) is 0 Å². The van der Waals surface area contributed by atoms with Crippen molar-refractivity contribution < 1.29 is 18.0 Å². The van der Waals surface area contributed by atoms with E-state index in [1.54, 1.807) is 0 Å². The zero-order valence-corrected chi connectivity index (χ0v) is 19.3. The fourth-order valence-corrected chi connectivity index (χ4v) is 4.95. The lowest BCUT2D eigenvalue weighted by atomic mass is 9.90. The molecule has 0 spiro atoms. The highest BCUT2D eigenvalue weighted by molar-refractivity contribution is 5.81. The first-order valence-corrected chi connectivity index (χ1v) is 11.9. The monoisotopic (exact) mass is 485 g/mol. The van der Waals surface area contributed by atoms with Crippen LogP contribution < -0.4 is 10.6 Å². The normalized spacial score (nSPS) is 21.1. The minimum atomic E-state index is -4.51. The van der Waals surface area contributed by atoms with E-state index in [2.05, 4.69) is 31.7 Å². The van der Waals surface area contributed by atoms with Crippen LogP contribution in [-0.2, 0) is 11.0 Å². The number of nitriles is 1. The van der Waals surface area contributed by atoms with Crippen molar-refractivity contribution in [2.75, 3.05) is 30.3 Å². The van der Waals surface area contributed by atoms with Crippen molar-refractivity contribution in [2.24, 2.45) is 11.8 Å². The SMILES string of the molecule is CC(Nc1ncc(C#N)c(C2CNc3ncc(C(F)(F)F)cc32)n1)C1CCN(C(=O)C2CC2)CC1. The number of fused-ring (bicyclic) bond motifs is 1. The number of amides is 1. The molecular weight excluding hydrogens is 459 g/mol. The summed E-state index contributed by atoms with van der Waals surface area (Å²) in [4.78, 5) is 27.0. The van der Waals surface area contributed by atoms with Crippen LogP contribution in [0.5, 0.6) is 0 Å². The Morgan fingerprint density at radius 1 is 1.23 bits per heavy atom. The molecule has 4 heterocycles. The lowest BCUT2D eigenvalue weighted by molar-refractivity contribution is -0.138. The molecule has 0 bridgehead atoms. The van der Waals surface area contributed by atoms with Crippen LogP contribution in [0.15, 0.2) is 18.5 Å². The number of hydrogen-bond acceptors (Lipinski definition) is 7. The van der Waals surface area contributed by atoms with Gasteiger partial charge < -0.3 is 15.5 Å². The summed E-state index contributed by atoms with van der Waals surface area (Å²) < 4.78 is 39.8. The number of aromatic nitrogens is 3. The molecule has 11 heteroatoms. The number of alkyl halides is 3. The van der Waals surface area contributed by atoms with Crippen molar-refractivity contribution in [3.8, 4) is 6.07 Å². The van der Waals surface area contributed by atoms with Gasteiger partial charge in [-0.1, -0.05) is 0 Å². The molecule has 2 aliphatic heterocycles. The predicted molar refractivity (Wildman–Crippen MR) is 121 cm³/mol. The van der Waals surface area contributed by atoms with E-state index in [9.17, 15) is 23.2 Å². The third kappa shape index (κ3) is 4.74.